The Morgan fingerprint density at radius 2 is 2.14 bits per heavy atom. The lowest BCUT2D eigenvalue weighted by molar-refractivity contribution is -0.121. The molecular weight excluding hydrogens is 378 g/mol. The normalized spacial score (nSPS) is 15.7. The summed E-state index contributed by atoms with van der Waals surface area (Å²) in [5, 5.41) is 8.25. The number of nitrogens with zero attached hydrogens (tertiary/aromatic N) is 4. The van der Waals surface area contributed by atoms with E-state index in [-0.39, 0.29) is 23.9 Å². The van der Waals surface area contributed by atoms with Crippen LogP contribution in [-0.4, -0.2) is 51.3 Å². The third-order valence-electron chi connectivity index (χ3n) is 4.70. The van der Waals surface area contributed by atoms with Crippen molar-refractivity contribution in [1.29, 1.82) is 0 Å². The Kier molecular flexibility index (Phi) is 5.19. The average molecular weight is 399 g/mol. The van der Waals surface area contributed by atoms with Gasteiger partial charge in [-0.1, -0.05) is 29.5 Å². The van der Waals surface area contributed by atoms with Gasteiger partial charge in [0.1, 0.15) is 5.39 Å². The number of carbonyl (C=O) groups is 1. The third-order valence-corrected chi connectivity index (χ3v) is 5.80. The van der Waals surface area contributed by atoms with Gasteiger partial charge in [0, 0.05) is 25.8 Å². The van der Waals surface area contributed by atoms with Crippen LogP contribution in [0.15, 0.2) is 40.4 Å². The van der Waals surface area contributed by atoms with Gasteiger partial charge in [-0.2, -0.15) is 5.10 Å². The molecule has 9 heteroatoms. The van der Waals surface area contributed by atoms with E-state index in [1.807, 2.05) is 31.2 Å². The van der Waals surface area contributed by atoms with E-state index >= 15 is 0 Å². The number of carbonyl (C=O) groups excluding carboxylic acids is 1. The van der Waals surface area contributed by atoms with Crippen LogP contribution in [0.3, 0.4) is 0 Å². The Hall–Kier alpha value is -2.65. The summed E-state index contributed by atoms with van der Waals surface area (Å²) in [5.41, 5.74) is 2.39. The molecule has 4 rings (SSSR count). The fraction of sp³-hybridized carbons (Fsp3) is 0.368. The Balaban J connectivity index is 1.65. The number of hydrogen-bond donors (Lipinski definition) is 1. The quantitative estimate of drug-likeness (QED) is 0.501. The fourth-order valence-corrected chi connectivity index (χ4v) is 4.36. The number of amides is 1. The molecule has 0 aliphatic carbocycles. The molecule has 146 valence electrons. The fourth-order valence-electron chi connectivity index (χ4n) is 3.23. The van der Waals surface area contributed by atoms with Crippen LogP contribution in [0.4, 0.5) is 0 Å². The largest absolute Gasteiger partial charge is 0.383 e. The average Bonchev–Trinajstić information content (AvgIpc) is 3.28. The molecule has 1 atom stereocenters. The van der Waals surface area contributed by atoms with E-state index in [0.29, 0.717) is 35.1 Å². The van der Waals surface area contributed by atoms with Crippen molar-refractivity contribution in [3.8, 4) is 5.69 Å². The number of thioether (sulfide) groups is 1. The predicted molar refractivity (Wildman–Crippen MR) is 107 cm³/mol. The van der Waals surface area contributed by atoms with Gasteiger partial charge in [-0.3, -0.25) is 14.2 Å². The molecule has 2 aromatic heterocycles. The molecule has 0 fully saturated rings. The highest BCUT2D eigenvalue weighted by molar-refractivity contribution is 7.99. The van der Waals surface area contributed by atoms with Crippen LogP contribution in [0.5, 0.6) is 0 Å². The molecule has 0 saturated heterocycles. The summed E-state index contributed by atoms with van der Waals surface area (Å²) in [4.78, 5) is 29.9. The van der Waals surface area contributed by atoms with Crippen LogP contribution < -0.4 is 10.9 Å². The van der Waals surface area contributed by atoms with Crippen LogP contribution in [0.2, 0.25) is 0 Å². The smallest absolute Gasteiger partial charge is 0.265 e. The van der Waals surface area contributed by atoms with E-state index in [4.69, 9.17) is 4.74 Å². The highest BCUT2D eigenvalue weighted by Crippen LogP contribution is 2.33. The lowest BCUT2D eigenvalue weighted by Gasteiger charge is -2.13. The first-order chi connectivity index (χ1) is 13.6. The number of rotatable bonds is 6. The van der Waals surface area contributed by atoms with Gasteiger partial charge < -0.3 is 10.1 Å². The molecule has 0 bridgehead atoms. The summed E-state index contributed by atoms with van der Waals surface area (Å²) in [7, 11) is 1.59. The Bertz CT molecular complexity index is 1070. The first-order valence-electron chi connectivity index (χ1n) is 9.04. The van der Waals surface area contributed by atoms with Gasteiger partial charge in [0.25, 0.3) is 5.56 Å². The number of aryl methyl sites for hydroxylation is 1. The number of fused-ring (bicyclic) bond motifs is 2. The molecule has 0 spiro atoms. The Morgan fingerprint density at radius 3 is 2.89 bits per heavy atom. The highest BCUT2D eigenvalue weighted by Gasteiger charge is 2.29. The molecule has 3 aromatic rings. The third kappa shape index (κ3) is 3.43. The number of benzene rings is 1. The number of methoxy groups -OCH3 is 1. The SMILES string of the molecule is COCCNC(=O)CC1CSc2nc3c(cnn3-c3ccc(C)cc3)c(=O)n21. The van der Waals surface area contributed by atoms with Crippen LogP contribution in [0.1, 0.15) is 18.0 Å². The van der Waals surface area contributed by atoms with Gasteiger partial charge >= 0.3 is 0 Å². The van der Waals surface area contributed by atoms with Gasteiger partial charge in [0.05, 0.1) is 24.5 Å². The van der Waals surface area contributed by atoms with Crippen LogP contribution >= 0.6 is 11.8 Å². The molecule has 1 aliphatic heterocycles. The number of hydrogen-bond acceptors (Lipinski definition) is 6. The monoisotopic (exact) mass is 399 g/mol. The van der Waals surface area contributed by atoms with E-state index < -0.39 is 0 Å². The minimum Gasteiger partial charge on any atom is -0.383 e. The van der Waals surface area contributed by atoms with E-state index in [1.165, 1.54) is 11.8 Å². The summed E-state index contributed by atoms with van der Waals surface area (Å²) in [5.74, 6) is 0.544. The van der Waals surface area contributed by atoms with E-state index in [0.717, 1.165) is 11.3 Å². The van der Waals surface area contributed by atoms with E-state index in [2.05, 4.69) is 15.4 Å². The minimum atomic E-state index is -0.213. The standard InChI is InChI=1S/C19H21N5O3S/c1-12-3-5-13(6-4-12)24-17-15(10-21-24)18(26)23-14(11-28-19(23)22-17)9-16(25)20-7-8-27-2/h3-6,10,14H,7-9,11H2,1-2H3,(H,20,25). The Labute approximate surface area is 165 Å². The number of ether oxygens (including phenoxy) is 1. The molecule has 1 aliphatic rings. The molecule has 1 aromatic carbocycles. The van der Waals surface area contributed by atoms with Crippen molar-refractivity contribution >= 4 is 28.7 Å². The van der Waals surface area contributed by atoms with Crippen LogP contribution in [0.25, 0.3) is 16.7 Å². The maximum absolute atomic E-state index is 13.1. The molecule has 0 saturated carbocycles. The summed E-state index contributed by atoms with van der Waals surface area (Å²) in [6, 6.07) is 7.68. The van der Waals surface area contributed by atoms with Crippen LogP contribution in [0, 0.1) is 6.92 Å². The molecule has 3 heterocycles. The van der Waals surface area contributed by atoms with Crippen molar-refractivity contribution in [1.82, 2.24) is 24.6 Å². The molecule has 8 nitrogen and oxygen atoms in total. The summed E-state index contributed by atoms with van der Waals surface area (Å²) >= 11 is 1.49. The first kappa shape index (κ1) is 18.7. The second-order valence-electron chi connectivity index (χ2n) is 6.71. The predicted octanol–water partition coefficient (Wildman–Crippen LogP) is 1.69. The van der Waals surface area contributed by atoms with Crippen molar-refractivity contribution in [2.45, 2.75) is 24.5 Å². The zero-order valence-electron chi connectivity index (χ0n) is 15.7. The lowest BCUT2D eigenvalue weighted by Crippen LogP contribution is -2.32. The maximum atomic E-state index is 13.1. The topological polar surface area (TPSA) is 91.0 Å². The van der Waals surface area contributed by atoms with E-state index in [1.54, 1.807) is 22.6 Å². The van der Waals surface area contributed by atoms with Crippen molar-refractivity contribution in [3.05, 3.63) is 46.4 Å². The van der Waals surface area contributed by atoms with E-state index in [9.17, 15) is 9.59 Å². The van der Waals surface area contributed by atoms with Crippen molar-refractivity contribution in [3.63, 3.8) is 0 Å². The second kappa shape index (κ2) is 7.76. The second-order valence-corrected chi connectivity index (χ2v) is 7.70. The molecular formula is C19H21N5O3S. The summed E-state index contributed by atoms with van der Waals surface area (Å²) < 4.78 is 8.25. The van der Waals surface area contributed by atoms with Gasteiger partial charge in [0.2, 0.25) is 5.91 Å². The minimum absolute atomic E-state index is 0.0992. The summed E-state index contributed by atoms with van der Waals surface area (Å²) in [6.45, 7) is 2.93. The molecule has 0 radical (unpaired) electrons. The lowest BCUT2D eigenvalue weighted by atomic mass is 10.2. The van der Waals surface area contributed by atoms with Crippen LogP contribution in [-0.2, 0) is 9.53 Å². The zero-order chi connectivity index (χ0) is 19.7. The van der Waals surface area contributed by atoms with Crippen molar-refractivity contribution in [2.24, 2.45) is 0 Å². The number of nitrogens with one attached hydrogen (secondary N) is 1. The maximum Gasteiger partial charge on any atom is 0.265 e. The molecule has 28 heavy (non-hydrogen) atoms. The molecule has 1 amide bonds. The van der Waals surface area contributed by atoms with Crippen molar-refractivity contribution < 1.29 is 9.53 Å². The van der Waals surface area contributed by atoms with Gasteiger partial charge in [0.15, 0.2) is 10.8 Å². The van der Waals surface area contributed by atoms with Crippen molar-refractivity contribution in [2.75, 3.05) is 26.0 Å². The Morgan fingerprint density at radius 1 is 1.36 bits per heavy atom. The summed E-state index contributed by atoms with van der Waals surface area (Å²) in [6.07, 6.45) is 1.79. The molecule has 1 N–H and O–H groups in total. The number of aromatic nitrogens is 4. The molecule has 1 unspecified atom stereocenters. The first-order valence-corrected chi connectivity index (χ1v) is 10.0. The van der Waals surface area contributed by atoms with Gasteiger partial charge in [-0.05, 0) is 19.1 Å². The highest BCUT2D eigenvalue weighted by atomic mass is 32.2. The van der Waals surface area contributed by atoms with Gasteiger partial charge in [-0.25, -0.2) is 9.67 Å². The van der Waals surface area contributed by atoms with Gasteiger partial charge in [-0.15, -0.1) is 0 Å². The zero-order valence-corrected chi connectivity index (χ0v) is 16.5.